The maximum Gasteiger partial charge on any atom is 0.278 e. The zero-order chi connectivity index (χ0) is 17.2. The van der Waals surface area contributed by atoms with Crippen molar-refractivity contribution < 1.29 is 14.3 Å². The molecule has 0 fully saturated rings. The molecule has 1 aliphatic heterocycles. The van der Waals surface area contributed by atoms with E-state index in [1.807, 2.05) is 27.7 Å². The lowest BCUT2D eigenvalue weighted by atomic mass is 9.99. The summed E-state index contributed by atoms with van der Waals surface area (Å²) in [5.74, 6) is -0.149. The molecule has 0 radical (unpaired) electrons. The molecule has 0 unspecified atom stereocenters. The molecule has 1 aromatic heterocycles. The van der Waals surface area contributed by atoms with E-state index in [1.54, 1.807) is 22.9 Å². The number of carbonyl (C=O) groups excluding carboxylic acids is 1. The van der Waals surface area contributed by atoms with Gasteiger partial charge in [-0.05, 0) is 12.3 Å². The number of pyridine rings is 1. The molecule has 1 atom stereocenters. The molecule has 0 aromatic carbocycles. The van der Waals surface area contributed by atoms with Gasteiger partial charge in [0.05, 0.1) is 13.2 Å². The van der Waals surface area contributed by atoms with Crippen LogP contribution in [0.25, 0.3) is 0 Å². The summed E-state index contributed by atoms with van der Waals surface area (Å²) in [6, 6.07) is 1.40. The second kappa shape index (κ2) is 6.62. The van der Waals surface area contributed by atoms with E-state index in [2.05, 4.69) is 5.43 Å². The Balaban J connectivity index is 2.38. The van der Waals surface area contributed by atoms with E-state index in [1.165, 1.54) is 6.07 Å². The summed E-state index contributed by atoms with van der Waals surface area (Å²) in [5.41, 5.74) is 2.98. The molecule has 7 heteroatoms. The van der Waals surface area contributed by atoms with Gasteiger partial charge in [-0.2, -0.15) is 0 Å². The third-order valence-corrected chi connectivity index (χ3v) is 3.50. The number of nitrogens with zero attached hydrogens (tertiary/aromatic N) is 2. The highest BCUT2D eigenvalue weighted by Crippen LogP contribution is 2.23. The van der Waals surface area contributed by atoms with Crippen LogP contribution in [0.4, 0.5) is 0 Å². The van der Waals surface area contributed by atoms with Crippen molar-refractivity contribution in [3.63, 3.8) is 0 Å². The molecule has 1 amide bonds. The molecule has 2 rings (SSSR count). The van der Waals surface area contributed by atoms with E-state index in [4.69, 9.17) is 9.47 Å². The number of hydrogen-bond acceptors (Lipinski definition) is 5. The van der Waals surface area contributed by atoms with Gasteiger partial charge in [-0.1, -0.05) is 20.8 Å². The first-order valence-corrected chi connectivity index (χ1v) is 7.69. The average molecular weight is 323 g/mol. The molecule has 128 valence electrons. The molecular weight excluding hydrogens is 298 g/mol. The van der Waals surface area contributed by atoms with Gasteiger partial charge in [0, 0.05) is 25.9 Å². The molecule has 7 nitrogen and oxygen atoms in total. The van der Waals surface area contributed by atoms with Crippen molar-refractivity contribution in [2.24, 2.45) is 5.41 Å². The van der Waals surface area contributed by atoms with Gasteiger partial charge in [-0.25, -0.2) is 0 Å². The summed E-state index contributed by atoms with van der Waals surface area (Å²) < 4.78 is 12.3. The number of nitrogens with one attached hydrogen (secondary N) is 1. The zero-order valence-electron chi connectivity index (χ0n) is 14.4. The van der Waals surface area contributed by atoms with Crippen molar-refractivity contribution in [3.05, 3.63) is 28.2 Å². The quantitative estimate of drug-likeness (QED) is 0.883. The van der Waals surface area contributed by atoms with Crippen molar-refractivity contribution in [3.8, 4) is 5.75 Å². The van der Waals surface area contributed by atoms with Gasteiger partial charge < -0.3 is 19.8 Å². The fourth-order valence-electron chi connectivity index (χ4n) is 2.32. The highest BCUT2D eigenvalue weighted by Gasteiger charge is 2.33. The van der Waals surface area contributed by atoms with Crippen molar-refractivity contribution in [2.75, 3.05) is 32.3 Å². The highest BCUT2D eigenvalue weighted by atomic mass is 16.5. The minimum atomic E-state index is -0.295. The summed E-state index contributed by atoms with van der Waals surface area (Å²) in [6.07, 6.45) is 1.35. The van der Waals surface area contributed by atoms with E-state index in [0.29, 0.717) is 19.8 Å². The maximum absolute atomic E-state index is 12.8. The van der Waals surface area contributed by atoms with Crippen LogP contribution in [0.1, 0.15) is 38.2 Å². The Morgan fingerprint density at radius 2 is 2.00 bits per heavy atom. The molecule has 0 aliphatic carbocycles. The van der Waals surface area contributed by atoms with Gasteiger partial charge in [0.1, 0.15) is 6.17 Å². The van der Waals surface area contributed by atoms with Crippen molar-refractivity contribution in [1.82, 2.24) is 9.58 Å². The van der Waals surface area contributed by atoms with Gasteiger partial charge in [-0.3, -0.25) is 14.3 Å². The van der Waals surface area contributed by atoms with Gasteiger partial charge in [0.2, 0.25) is 5.43 Å². The van der Waals surface area contributed by atoms with Crippen LogP contribution in [0.2, 0.25) is 0 Å². The SMILES string of the molecule is COCCN1C(=O)c2c(OCC(C)(C)C)c(=O)ccn2N[C@@H]1C. The number of amides is 1. The number of carbonyl (C=O) groups is 1. The van der Waals surface area contributed by atoms with Crippen molar-refractivity contribution in [1.29, 1.82) is 0 Å². The molecule has 0 saturated carbocycles. The molecule has 1 aliphatic rings. The van der Waals surface area contributed by atoms with Crippen LogP contribution in [0.3, 0.4) is 0 Å². The minimum absolute atomic E-state index is 0.0919. The van der Waals surface area contributed by atoms with Crippen LogP contribution in [-0.4, -0.2) is 48.5 Å². The summed E-state index contributed by atoms with van der Waals surface area (Å²) in [4.78, 5) is 26.6. The van der Waals surface area contributed by atoms with Gasteiger partial charge in [0.25, 0.3) is 5.91 Å². The first-order chi connectivity index (χ1) is 10.7. The molecule has 0 spiro atoms. The fraction of sp³-hybridized carbons (Fsp3) is 0.625. The van der Waals surface area contributed by atoms with Crippen LogP contribution in [0, 0.1) is 5.41 Å². The van der Waals surface area contributed by atoms with Gasteiger partial charge in [-0.15, -0.1) is 0 Å². The third-order valence-electron chi connectivity index (χ3n) is 3.50. The van der Waals surface area contributed by atoms with Crippen molar-refractivity contribution in [2.45, 2.75) is 33.9 Å². The van der Waals surface area contributed by atoms with Gasteiger partial charge >= 0.3 is 0 Å². The Bertz CT molecular complexity index is 633. The maximum atomic E-state index is 12.8. The van der Waals surface area contributed by atoms with Crippen LogP contribution in [-0.2, 0) is 4.74 Å². The number of rotatable bonds is 5. The fourth-order valence-corrected chi connectivity index (χ4v) is 2.32. The lowest BCUT2D eigenvalue weighted by Crippen LogP contribution is -2.53. The summed E-state index contributed by atoms with van der Waals surface area (Å²) in [5, 5.41) is 0. The lowest BCUT2D eigenvalue weighted by molar-refractivity contribution is 0.0572. The van der Waals surface area contributed by atoms with E-state index >= 15 is 0 Å². The largest absolute Gasteiger partial charge is 0.487 e. The molecule has 1 aromatic rings. The summed E-state index contributed by atoms with van der Waals surface area (Å²) in [7, 11) is 1.59. The lowest BCUT2D eigenvalue weighted by Gasteiger charge is -2.37. The molecule has 1 N–H and O–H groups in total. The first kappa shape index (κ1) is 17.3. The van der Waals surface area contributed by atoms with Crippen molar-refractivity contribution >= 4 is 5.91 Å². The predicted molar refractivity (Wildman–Crippen MR) is 87.4 cm³/mol. The van der Waals surface area contributed by atoms with Gasteiger partial charge in [0.15, 0.2) is 11.4 Å². The Kier molecular flexibility index (Phi) is 4.99. The second-order valence-electron chi connectivity index (χ2n) is 6.87. The highest BCUT2D eigenvalue weighted by molar-refractivity contribution is 5.96. The predicted octanol–water partition coefficient (Wildman–Crippen LogP) is 1.26. The molecule has 2 heterocycles. The van der Waals surface area contributed by atoms with Crippen LogP contribution in [0.15, 0.2) is 17.1 Å². The molecule has 0 bridgehead atoms. The van der Waals surface area contributed by atoms with Crippen LogP contribution >= 0.6 is 0 Å². The smallest absolute Gasteiger partial charge is 0.278 e. The first-order valence-electron chi connectivity index (χ1n) is 7.69. The Morgan fingerprint density at radius 1 is 1.30 bits per heavy atom. The standard InChI is InChI=1S/C16H25N3O4/c1-11-17-19-7-6-12(20)14(23-10-16(2,3)4)13(19)15(21)18(11)8-9-22-5/h6-7,11,17H,8-10H2,1-5H3/t11-/m0/s1. The minimum Gasteiger partial charge on any atom is -0.487 e. The van der Waals surface area contributed by atoms with Crippen LogP contribution in [0.5, 0.6) is 5.75 Å². The number of methoxy groups -OCH3 is 1. The zero-order valence-corrected chi connectivity index (χ0v) is 14.4. The topological polar surface area (TPSA) is 72.8 Å². The number of ether oxygens (including phenoxy) is 2. The summed E-state index contributed by atoms with van der Waals surface area (Å²) >= 11 is 0. The Morgan fingerprint density at radius 3 is 2.61 bits per heavy atom. The van der Waals surface area contributed by atoms with E-state index in [0.717, 1.165) is 0 Å². The molecular formula is C16H25N3O4. The number of hydrogen-bond donors (Lipinski definition) is 1. The normalized spacial score (nSPS) is 17.7. The molecule has 0 saturated heterocycles. The third kappa shape index (κ3) is 3.85. The van der Waals surface area contributed by atoms with E-state index < -0.39 is 0 Å². The van der Waals surface area contributed by atoms with Crippen LogP contribution < -0.4 is 15.6 Å². The monoisotopic (exact) mass is 323 g/mol. The number of fused-ring (bicyclic) bond motifs is 1. The van der Waals surface area contributed by atoms with E-state index in [9.17, 15) is 9.59 Å². The average Bonchev–Trinajstić information content (AvgIpc) is 2.45. The number of aromatic nitrogens is 1. The molecule has 23 heavy (non-hydrogen) atoms. The summed E-state index contributed by atoms with van der Waals surface area (Å²) in [6.45, 7) is 9.11. The Labute approximate surface area is 136 Å². The second-order valence-corrected chi connectivity index (χ2v) is 6.87. The Hall–Kier alpha value is -2.02. The van der Waals surface area contributed by atoms with E-state index in [-0.39, 0.29) is 34.4 Å².